The van der Waals surface area contributed by atoms with Crippen LogP contribution in [0.15, 0.2) is 34.7 Å². The predicted molar refractivity (Wildman–Crippen MR) is 80.6 cm³/mol. The number of fused-ring (bicyclic) bond motifs is 1. The fourth-order valence-corrected chi connectivity index (χ4v) is 3.10. The fourth-order valence-electron chi connectivity index (χ4n) is 3.10. The molecule has 2 heterocycles. The highest BCUT2D eigenvalue weighted by molar-refractivity contribution is 5.77. The van der Waals surface area contributed by atoms with Gasteiger partial charge in [0.2, 0.25) is 0 Å². The summed E-state index contributed by atoms with van der Waals surface area (Å²) in [7, 11) is 0. The first-order valence-corrected chi connectivity index (χ1v) is 7.61. The van der Waals surface area contributed by atoms with Crippen LogP contribution in [0.3, 0.4) is 0 Å². The van der Waals surface area contributed by atoms with E-state index in [9.17, 15) is 5.11 Å². The lowest BCUT2D eigenvalue weighted by Crippen LogP contribution is -2.35. The van der Waals surface area contributed by atoms with Gasteiger partial charge in [-0.25, -0.2) is 0 Å². The predicted octanol–water partition coefficient (Wildman–Crippen LogP) is 3.59. The van der Waals surface area contributed by atoms with Crippen LogP contribution in [0.5, 0.6) is 0 Å². The molecule has 3 nitrogen and oxygen atoms in total. The smallest absolute Gasteiger partial charge is 0.134 e. The molecule has 3 rings (SSSR count). The van der Waals surface area contributed by atoms with Gasteiger partial charge in [-0.15, -0.1) is 0 Å². The van der Waals surface area contributed by atoms with E-state index in [1.165, 1.54) is 12.8 Å². The SMILES string of the molecule is CC1CCCN(CCC(O)c2cc3ccccc3o2)C1. The van der Waals surface area contributed by atoms with Crippen LogP contribution in [-0.2, 0) is 0 Å². The van der Waals surface area contributed by atoms with E-state index in [0.29, 0.717) is 5.76 Å². The summed E-state index contributed by atoms with van der Waals surface area (Å²) in [6.07, 6.45) is 2.86. The highest BCUT2D eigenvalue weighted by Gasteiger charge is 2.19. The van der Waals surface area contributed by atoms with Gasteiger partial charge < -0.3 is 14.4 Å². The summed E-state index contributed by atoms with van der Waals surface area (Å²) in [6.45, 7) is 5.58. The first kappa shape index (κ1) is 13.7. The van der Waals surface area contributed by atoms with E-state index < -0.39 is 6.10 Å². The van der Waals surface area contributed by atoms with E-state index in [-0.39, 0.29) is 0 Å². The Morgan fingerprint density at radius 2 is 2.25 bits per heavy atom. The number of hydrogen-bond acceptors (Lipinski definition) is 3. The van der Waals surface area contributed by atoms with Gasteiger partial charge in [0, 0.05) is 18.5 Å². The molecule has 2 atom stereocenters. The summed E-state index contributed by atoms with van der Waals surface area (Å²) in [5.74, 6) is 1.48. The number of para-hydroxylation sites is 1. The van der Waals surface area contributed by atoms with Gasteiger partial charge in [0.15, 0.2) is 0 Å². The normalized spacial score (nSPS) is 22.2. The van der Waals surface area contributed by atoms with E-state index >= 15 is 0 Å². The Kier molecular flexibility index (Phi) is 4.08. The Morgan fingerprint density at radius 1 is 1.40 bits per heavy atom. The van der Waals surface area contributed by atoms with Crippen LogP contribution in [-0.4, -0.2) is 29.6 Å². The van der Waals surface area contributed by atoms with Crippen LogP contribution in [0.25, 0.3) is 11.0 Å². The number of aliphatic hydroxyl groups excluding tert-OH is 1. The van der Waals surface area contributed by atoms with Gasteiger partial charge in [-0.05, 0) is 43.9 Å². The third kappa shape index (κ3) is 3.05. The van der Waals surface area contributed by atoms with Gasteiger partial charge >= 0.3 is 0 Å². The van der Waals surface area contributed by atoms with Crippen LogP contribution in [0, 0.1) is 5.92 Å². The molecule has 0 spiro atoms. The van der Waals surface area contributed by atoms with Crippen molar-refractivity contribution in [2.45, 2.75) is 32.3 Å². The molecule has 1 aromatic carbocycles. The van der Waals surface area contributed by atoms with Crippen molar-refractivity contribution in [3.63, 3.8) is 0 Å². The lowest BCUT2D eigenvalue weighted by Gasteiger charge is -2.31. The zero-order valence-electron chi connectivity index (χ0n) is 12.1. The third-order valence-electron chi connectivity index (χ3n) is 4.23. The molecule has 0 aliphatic carbocycles. The Labute approximate surface area is 120 Å². The first-order chi connectivity index (χ1) is 9.72. The summed E-state index contributed by atoms with van der Waals surface area (Å²) >= 11 is 0. The monoisotopic (exact) mass is 273 g/mol. The molecule has 1 aliphatic rings. The molecule has 1 N–H and O–H groups in total. The van der Waals surface area contributed by atoms with Crippen molar-refractivity contribution < 1.29 is 9.52 Å². The van der Waals surface area contributed by atoms with Crippen molar-refractivity contribution >= 4 is 11.0 Å². The summed E-state index contributed by atoms with van der Waals surface area (Å²) < 4.78 is 5.72. The van der Waals surface area contributed by atoms with Gasteiger partial charge in [0.1, 0.15) is 17.4 Å². The number of furan rings is 1. The number of nitrogens with zero attached hydrogens (tertiary/aromatic N) is 1. The Balaban J connectivity index is 1.59. The van der Waals surface area contributed by atoms with Gasteiger partial charge in [-0.2, -0.15) is 0 Å². The van der Waals surface area contributed by atoms with Crippen LogP contribution in [0.1, 0.15) is 38.1 Å². The molecule has 2 unspecified atom stereocenters. The number of likely N-dealkylation sites (tertiary alicyclic amines) is 1. The minimum atomic E-state index is -0.500. The van der Waals surface area contributed by atoms with Crippen molar-refractivity contribution in [2.75, 3.05) is 19.6 Å². The van der Waals surface area contributed by atoms with Gasteiger partial charge in [-0.3, -0.25) is 0 Å². The summed E-state index contributed by atoms with van der Waals surface area (Å²) in [5, 5.41) is 11.4. The lowest BCUT2D eigenvalue weighted by molar-refractivity contribution is 0.107. The standard InChI is InChI=1S/C17H23NO2/c1-13-5-4-9-18(12-13)10-8-15(19)17-11-14-6-2-3-7-16(14)20-17/h2-3,6-7,11,13,15,19H,4-5,8-10,12H2,1H3. The molecule has 0 radical (unpaired) electrons. The lowest BCUT2D eigenvalue weighted by atomic mass is 10.00. The maximum absolute atomic E-state index is 10.3. The fraction of sp³-hybridized carbons (Fsp3) is 0.529. The average molecular weight is 273 g/mol. The quantitative estimate of drug-likeness (QED) is 0.925. The van der Waals surface area contributed by atoms with Gasteiger partial charge in [0.05, 0.1) is 0 Å². The molecule has 20 heavy (non-hydrogen) atoms. The van der Waals surface area contributed by atoms with Crippen molar-refractivity contribution in [1.29, 1.82) is 0 Å². The van der Waals surface area contributed by atoms with Crippen molar-refractivity contribution in [2.24, 2.45) is 5.92 Å². The highest BCUT2D eigenvalue weighted by Crippen LogP contribution is 2.26. The zero-order valence-corrected chi connectivity index (χ0v) is 12.1. The molecule has 3 heteroatoms. The molecule has 0 bridgehead atoms. The second-order valence-electron chi connectivity index (χ2n) is 6.04. The van der Waals surface area contributed by atoms with Gasteiger partial charge in [0.25, 0.3) is 0 Å². The van der Waals surface area contributed by atoms with Crippen molar-refractivity contribution in [1.82, 2.24) is 4.90 Å². The van der Waals surface area contributed by atoms with E-state index in [1.807, 2.05) is 30.3 Å². The Bertz CT molecular complexity index is 530. The topological polar surface area (TPSA) is 36.6 Å². The number of hydrogen-bond donors (Lipinski definition) is 1. The van der Waals surface area contributed by atoms with Gasteiger partial charge in [-0.1, -0.05) is 25.1 Å². The molecule has 0 amide bonds. The summed E-state index contributed by atoms with van der Waals surface area (Å²) in [6, 6.07) is 9.86. The zero-order chi connectivity index (χ0) is 13.9. The number of benzene rings is 1. The van der Waals surface area contributed by atoms with Crippen molar-refractivity contribution in [3.8, 4) is 0 Å². The third-order valence-corrected chi connectivity index (χ3v) is 4.23. The maximum Gasteiger partial charge on any atom is 0.134 e. The van der Waals surface area contributed by atoms with Crippen LogP contribution < -0.4 is 0 Å². The first-order valence-electron chi connectivity index (χ1n) is 7.61. The second-order valence-corrected chi connectivity index (χ2v) is 6.04. The molecule has 1 aromatic heterocycles. The van der Waals surface area contributed by atoms with E-state index in [0.717, 1.165) is 42.9 Å². The molecule has 1 aliphatic heterocycles. The van der Waals surface area contributed by atoms with Crippen LogP contribution in [0.4, 0.5) is 0 Å². The Morgan fingerprint density at radius 3 is 3.05 bits per heavy atom. The average Bonchev–Trinajstić information content (AvgIpc) is 2.89. The second kappa shape index (κ2) is 5.98. The number of piperidine rings is 1. The molecule has 1 saturated heterocycles. The summed E-state index contributed by atoms with van der Waals surface area (Å²) in [4.78, 5) is 2.46. The highest BCUT2D eigenvalue weighted by atomic mass is 16.4. The molecule has 1 fully saturated rings. The van der Waals surface area contributed by atoms with Crippen molar-refractivity contribution in [3.05, 3.63) is 36.1 Å². The Hall–Kier alpha value is -1.32. The molecule has 2 aromatic rings. The number of rotatable bonds is 4. The van der Waals surface area contributed by atoms with E-state index in [4.69, 9.17) is 4.42 Å². The molecular formula is C17H23NO2. The maximum atomic E-state index is 10.3. The number of aliphatic hydroxyl groups is 1. The summed E-state index contributed by atoms with van der Waals surface area (Å²) in [5.41, 5.74) is 0.855. The molecular weight excluding hydrogens is 250 g/mol. The minimum Gasteiger partial charge on any atom is -0.458 e. The van der Waals surface area contributed by atoms with Crippen LogP contribution in [0.2, 0.25) is 0 Å². The molecule has 108 valence electrons. The molecule has 0 saturated carbocycles. The van der Waals surface area contributed by atoms with Crippen LogP contribution >= 0.6 is 0 Å². The van der Waals surface area contributed by atoms with E-state index in [2.05, 4.69) is 11.8 Å². The minimum absolute atomic E-state index is 0.500. The largest absolute Gasteiger partial charge is 0.458 e. The van der Waals surface area contributed by atoms with E-state index in [1.54, 1.807) is 0 Å².